The summed E-state index contributed by atoms with van der Waals surface area (Å²) in [6.07, 6.45) is 2.71. The molecule has 0 atom stereocenters. The zero-order valence-corrected chi connectivity index (χ0v) is 20.1. The van der Waals surface area contributed by atoms with Gasteiger partial charge in [0, 0.05) is 83.6 Å². The number of hydrogen-bond donors (Lipinski definition) is 1. The average Bonchev–Trinajstić information content (AvgIpc) is 3.18. The number of aliphatic imine (C=N–C) groups is 1. The summed E-state index contributed by atoms with van der Waals surface area (Å²) < 4.78 is 4.39. The number of hydrogen-bond acceptors (Lipinski definition) is 7. The first kappa shape index (κ1) is 22.6. The molecule has 1 saturated heterocycles. The molecule has 28 heavy (non-hydrogen) atoms. The van der Waals surface area contributed by atoms with Crippen molar-refractivity contribution in [3.8, 4) is 0 Å². The van der Waals surface area contributed by atoms with Gasteiger partial charge in [0.1, 0.15) is 11.6 Å². The summed E-state index contributed by atoms with van der Waals surface area (Å²) in [5.41, 5.74) is 1.16. The second kappa shape index (κ2) is 10.7. The molecule has 1 N–H and O–H groups in total. The van der Waals surface area contributed by atoms with E-state index in [0.717, 1.165) is 60.9 Å². The van der Waals surface area contributed by atoms with Gasteiger partial charge in [-0.2, -0.15) is 4.37 Å². The van der Waals surface area contributed by atoms with Crippen molar-refractivity contribution in [3.05, 3.63) is 29.7 Å². The zero-order valence-electron chi connectivity index (χ0n) is 16.9. The minimum atomic E-state index is 0. The molecule has 2 aromatic rings. The molecule has 10 heteroatoms. The van der Waals surface area contributed by atoms with E-state index in [-0.39, 0.29) is 24.0 Å². The molecule has 0 amide bonds. The summed E-state index contributed by atoms with van der Waals surface area (Å²) in [7, 11) is 5.86. The van der Waals surface area contributed by atoms with E-state index in [1.807, 2.05) is 38.3 Å². The first-order valence-electron chi connectivity index (χ1n) is 9.26. The Morgan fingerprint density at radius 3 is 2.64 bits per heavy atom. The van der Waals surface area contributed by atoms with Crippen LogP contribution in [0.4, 0.5) is 10.9 Å². The third kappa shape index (κ3) is 5.43. The van der Waals surface area contributed by atoms with Crippen molar-refractivity contribution in [1.29, 1.82) is 0 Å². The molecule has 1 fully saturated rings. The summed E-state index contributed by atoms with van der Waals surface area (Å²) in [4.78, 5) is 20.2. The molecular formula is C18H29IN8S. The van der Waals surface area contributed by atoms with Gasteiger partial charge in [0.15, 0.2) is 5.96 Å². The highest BCUT2D eigenvalue weighted by Crippen LogP contribution is 2.19. The molecule has 0 spiro atoms. The Hall–Kier alpha value is -1.69. The number of guanidine groups is 1. The maximum Gasteiger partial charge on any atom is 0.205 e. The van der Waals surface area contributed by atoms with E-state index < -0.39 is 0 Å². The van der Waals surface area contributed by atoms with Crippen molar-refractivity contribution >= 4 is 52.4 Å². The number of aryl methyl sites for hydroxylation is 1. The summed E-state index contributed by atoms with van der Waals surface area (Å²) >= 11 is 1.50. The third-order valence-corrected chi connectivity index (χ3v) is 5.38. The van der Waals surface area contributed by atoms with Crippen molar-refractivity contribution in [2.24, 2.45) is 4.99 Å². The number of rotatable bonds is 5. The Morgan fingerprint density at radius 2 is 2.04 bits per heavy atom. The van der Waals surface area contributed by atoms with Gasteiger partial charge in [0.05, 0.1) is 0 Å². The fourth-order valence-electron chi connectivity index (χ4n) is 3.10. The van der Waals surface area contributed by atoms with Gasteiger partial charge in [-0.05, 0) is 6.07 Å². The number of aromatic nitrogens is 3. The van der Waals surface area contributed by atoms with Crippen LogP contribution in [-0.4, -0.2) is 72.5 Å². The van der Waals surface area contributed by atoms with Crippen LogP contribution in [-0.2, 0) is 13.0 Å². The number of halogens is 1. The van der Waals surface area contributed by atoms with E-state index in [1.165, 1.54) is 11.5 Å². The first-order chi connectivity index (χ1) is 13.1. The second-order valence-electron chi connectivity index (χ2n) is 6.60. The van der Waals surface area contributed by atoms with Crippen LogP contribution in [0.1, 0.15) is 18.3 Å². The quantitative estimate of drug-likeness (QED) is 0.371. The van der Waals surface area contributed by atoms with E-state index in [1.54, 1.807) is 0 Å². The molecular weight excluding hydrogens is 487 g/mol. The van der Waals surface area contributed by atoms with E-state index in [9.17, 15) is 0 Å². The number of pyridine rings is 1. The van der Waals surface area contributed by atoms with Crippen LogP contribution in [0, 0.1) is 0 Å². The van der Waals surface area contributed by atoms with Gasteiger partial charge in [-0.25, -0.2) is 9.97 Å². The molecule has 1 aliphatic rings. The normalized spacial score (nSPS) is 14.6. The van der Waals surface area contributed by atoms with E-state index in [4.69, 9.17) is 0 Å². The minimum Gasteiger partial charge on any atom is -0.362 e. The molecule has 0 aromatic carbocycles. The fourth-order valence-corrected chi connectivity index (χ4v) is 3.91. The molecule has 154 valence electrons. The molecule has 0 unspecified atom stereocenters. The molecule has 0 aliphatic carbocycles. The molecule has 8 nitrogen and oxygen atoms in total. The molecule has 1 aliphatic heterocycles. The number of anilines is 2. The van der Waals surface area contributed by atoms with Crippen molar-refractivity contribution in [2.45, 2.75) is 19.9 Å². The van der Waals surface area contributed by atoms with Crippen LogP contribution in [0.2, 0.25) is 0 Å². The SMILES string of the molecule is CCc1nsc(N2CCN(C(=NC)NCc3cccnc3N(C)C)CC2)n1.I. The van der Waals surface area contributed by atoms with Crippen molar-refractivity contribution in [3.63, 3.8) is 0 Å². The van der Waals surface area contributed by atoms with Crippen LogP contribution in [0.25, 0.3) is 0 Å². The van der Waals surface area contributed by atoms with Crippen LogP contribution >= 0.6 is 35.5 Å². The van der Waals surface area contributed by atoms with Crippen LogP contribution in [0.5, 0.6) is 0 Å². The van der Waals surface area contributed by atoms with Gasteiger partial charge in [-0.3, -0.25) is 4.99 Å². The summed E-state index contributed by atoms with van der Waals surface area (Å²) in [6.45, 7) is 6.46. The lowest BCUT2D eigenvalue weighted by Crippen LogP contribution is -2.52. The van der Waals surface area contributed by atoms with Crippen LogP contribution in [0.15, 0.2) is 23.3 Å². The topological polar surface area (TPSA) is 72.8 Å². The van der Waals surface area contributed by atoms with Crippen molar-refractivity contribution < 1.29 is 0 Å². The highest BCUT2D eigenvalue weighted by atomic mass is 127. The molecule has 0 bridgehead atoms. The monoisotopic (exact) mass is 516 g/mol. The predicted molar refractivity (Wildman–Crippen MR) is 127 cm³/mol. The average molecular weight is 516 g/mol. The van der Waals surface area contributed by atoms with Gasteiger partial charge < -0.3 is 20.0 Å². The van der Waals surface area contributed by atoms with Gasteiger partial charge >= 0.3 is 0 Å². The second-order valence-corrected chi connectivity index (χ2v) is 7.33. The Balaban J connectivity index is 0.00000280. The first-order valence-corrected chi connectivity index (χ1v) is 10.0. The predicted octanol–water partition coefficient (Wildman–Crippen LogP) is 2.08. The highest BCUT2D eigenvalue weighted by Gasteiger charge is 2.22. The summed E-state index contributed by atoms with van der Waals surface area (Å²) in [5, 5.41) is 4.51. The minimum absolute atomic E-state index is 0. The van der Waals surface area contributed by atoms with Gasteiger partial charge in [-0.15, -0.1) is 24.0 Å². The van der Waals surface area contributed by atoms with E-state index in [2.05, 4.69) is 47.4 Å². The zero-order chi connectivity index (χ0) is 19.2. The molecule has 3 rings (SSSR count). The molecule has 0 saturated carbocycles. The Kier molecular flexibility index (Phi) is 8.67. The Morgan fingerprint density at radius 1 is 1.29 bits per heavy atom. The third-order valence-electron chi connectivity index (χ3n) is 4.56. The van der Waals surface area contributed by atoms with Crippen LogP contribution < -0.4 is 15.1 Å². The Labute approximate surface area is 188 Å². The lowest BCUT2D eigenvalue weighted by molar-refractivity contribution is 0.372. The van der Waals surface area contributed by atoms with Gasteiger partial charge in [0.25, 0.3) is 0 Å². The molecule has 2 aromatic heterocycles. The van der Waals surface area contributed by atoms with Crippen molar-refractivity contribution in [2.75, 3.05) is 57.1 Å². The molecule has 3 heterocycles. The number of piperazine rings is 1. The smallest absolute Gasteiger partial charge is 0.205 e. The molecule has 0 radical (unpaired) electrons. The Bertz CT molecular complexity index is 770. The van der Waals surface area contributed by atoms with Gasteiger partial charge in [-0.1, -0.05) is 13.0 Å². The fraction of sp³-hybridized carbons (Fsp3) is 0.556. The van der Waals surface area contributed by atoms with Crippen molar-refractivity contribution in [1.82, 2.24) is 24.6 Å². The maximum atomic E-state index is 4.60. The lowest BCUT2D eigenvalue weighted by Gasteiger charge is -2.36. The van der Waals surface area contributed by atoms with Crippen LogP contribution in [0.3, 0.4) is 0 Å². The highest BCUT2D eigenvalue weighted by molar-refractivity contribution is 14.0. The lowest BCUT2D eigenvalue weighted by atomic mass is 10.2. The standard InChI is InChI=1S/C18H28N8S.HI/c1-5-15-22-18(27-23-15)26-11-9-25(10-12-26)17(19-2)21-13-14-7-6-8-20-16(14)24(3)4;/h6-8H,5,9-13H2,1-4H3,(H,19,21);1H. The largest absolute Gasteiger partial charge is 0.362 e. The summed E-state index contributed by atoms with van der Waals surface area (Å²) in [6, 6.07) is 4.07. The number of nitrogens with zero attached hydrogens (tertiary/aromatic N) is 7. The maximum absolute atomic E-state index is 4.60. The van der Waals surface area contributed by atoms with E-state index in [0.29, 0.717) is 6.54 Å². The van der Waals surface area contributed by atoms with E-state index >= 15 is 0 Å². The summed E-state index contributed by atoms with van der Waals surface area (Å²) in [5.74, 6) is 2.84. The van der Waals surface area contributed by atoms with Gasteiger partial charge in [0.2, 0.25) is 5.13 Å². The number of nitrogens with one attached hydrogen (secondary N) is 1.